The first-order valence-corrected chi connectivity index (χ1v) is 10.1. The Labute approximate surface area is 167 Å². The van der Waals surface area contributed by atoms with Gasteiger partial charge in [-0.2, -0.15) is 0 Å². The van der Waals surface area contributed by atoms with Crippen molar-refractivity contribution in [2.75, 3.05) is 10.0 Å². The smallest absolute Gasteiger partial charge is 0.261 e. The second kappa shape index (κ2) is 7.92. The topological polar surface area (TPSA) is 95.5 Å². The van der Waals surface area contributed by atoms with Crippen LogP contribution < -0.4 is 10.0 Å². The largest absolute Gasteiger partial charge is 0.508 e. The minimum absolute atomic E-state index is 0.0204. The molecule has 0 saturated heterocycles. The normalized spacial score (nSPS) is 11.1. The predicted molar refractivity (Wildman–Crippen MR) is 109 cm³/mol. The van der Waals surface area contributed by atoms with E-state index < -0.39 is 15.9 Å². The standard InChI is InChI=1S/C20H17ClN2O4S/c1-13-2-7-17(12-19(13)24)22-20(25)14-3-10-18(11-4-14)28(26,27)23-16-8-5-15(21)6-9-16/h2-12,23-24H,1H3,(H,22,25). The molecule has 1 amide bonds. The molecule has 0 unspecified atom stereocenters. The maximum absolute atomic E-state index is 12.5. The number of anilines is 2. The number of phenolic OH excluding ortho intramolecular Hbond substituents is 1. The van der Waals surface area contributed by atoms with Crippen LogP contribution in [0.15, 0.2) is 71.6 Å². The lowest BCUT2D eigenvalue weighted by Crippen LogP contribution is -2.14. The van der Waals surface area contributed by atoms with Gasteiger partial charge in [0.05, 0.1) is 4.90 Å². The van der Waals surface area contributed by atoms with Crippen molar-refractivity contribution >= 4 is 38.9 Å². The molecule has 8 heteroatoms. The van der Waals surface area contributed by atoms with Crippen LogP contribution in [-0.4, -0.2) is 19.4 Å². The van der Waals surface area contributed by atoms with Crippen LogP contribution in [0.25, 0.3) is 0 Å². The van der Waals surface area contributed by atoms with Crippen LogP contribution in [0.2, 0.25) is 5.02 Å². The molecule has 0 atom stereocenters. The van der Waals surface area contributed by atoms with Crippen LogP contribution >= 0.6 is 11.6 Å². The van der Waals surface area contributed by atoms with E-state index in [1.165, 1.54) is 30.3 Å². The average Bonchev–Trinajstić information content (AvgIpc) is 2.66. The van der Waals surface area contributed by atoms with Gasteiger partial charge in [0.2, 0.25) is 0 Å². The summed E-state index contributed by atoms with van der Waals surface area (Å²) in [7, 11) is -3.80. The summed E-state index contributed by atoms with van der Waals surface area (Å²) in [6, 6.07) is 16.6. The Balaban J connectivity index is 1.73. The molecule has 0 heterocycles. The van der Waals surface area contributed by atoms with Crippen LogP contribution in [0, 0.1) is 6.92 Å². The van der Waals surface area contributed by atoms with Gasteiger partial charge in [0, 0.05) is 28.0 Å². The molecule has 0 aliphatic rings. The second-order valence-electron chi connectivity index (χ2n) is 6.09. The highest BCUT2D eigenvalue weighted by atomic mass is 35.5. The van der Waals surface area contributed by atoms with E-state index in [1.54, 1.807) is 43.3 Å². The van der Waals surface area contributed by atoms with Crippen molar-refractivity contribution < 1.29 is 18.3 Å². The summed E-state index contributed by atoms with van der Waals surface area (Å²) in [4.78, 5) is 12.3. The zero-order valence-corrected chi connectivity index (χ0v) is 16.4. The molecule has 0 aliphatic heterocycles. The lowest BCUT2D eigenvalue weighted by atomic mass is 10.2. The van der Waals surface area contributed by atoms with E-state index in [2.05, 4.69) is 10.0 Å². The van der Waals surface area contributed by atoms with Gasteiger partial charge >= 0.3 is 0 Å². The minimum atomic E-state index is -3.80. The summed E-state index contributed by atoms with van der Waals surface area (Å²) in [6.45, 7) is 1.75. The van der Waals surface area contributed by atoms with Crippen molar-refractivity contribution in [3.63, 3.8) is 0 Å². The SMILES string of the molecule is Cc1ccc(NC(=O)c2ccc(S(=O)(=O)Nc3ccc(Cl)cc3)cc2)cc1O. The molecular formula is C20H17ClN2O4S. The van der Waals surface area contributed by atoms with E-state index in [4.69, 9.17) is 11.6 Å². The quantitative estimate of drug-likeness (QED) is 0.574. The summed E-state index contributed by atoms with van der Waals surface area (Å²) in [5, 5.41) is 12.9. The summed E-state index contributed by atoms with van der Waals surface area (Å²) < 4.78 is 27.4. The Kier molecular flexibility index (Phi) is 5.58. The van der Waals surface area contributed by atoms with Crippen molar-refractivity contribution in [2.45, 2.75) is 11.8 Å². The van der Waals surface area contributed by atoms with Crippen molar-refractivity contribution in [1.82, 2.24) is 0 Å². The van der Waals surface area contributed by atoms with Gasteiger partial charge in [0.1, 0.15) is 5.75 Å². The fourth-order valence-corrected chi connectivity index (χ4v) is 3.59. The molecule has 144 valence electrons. The Morgan fingerprint density at radius 2 is 1.54 bits per heavy atom. The number of nitrogens with one attached hydrogen (secondary N) is 2. The first kappa shape index (κ1) is 19.7. The molecule has 28 heavy (non-hydrogen) atoms. The van der Waals surface area contributed by atoms with Gasteiger partial charge in [-0.15, -0.1) is 0 Å². The third kappa shape index (κ3) is 4.62. The van der Waals surface area contributed by atoms with Crippen LogP contribution in [-0.2, 0) is 10.0 Å². The molecule has 3 aromatic carbocycles. The molecule has 0 fully saturated rings. The number of carbonyl (C=O) groups excluding carboxylic acids is 1. The van der Waals surface area contributed by atoms with E-state index in [1.807, 2.05) is 0 Å². The summed E-state index contributed by atoms with van der Waals surface area (Å²) >= 11 is 5.79. The number of rotatable bonds is 5. The number of hydrogen-bond acceptors (Lipinski definition) is 4. The van der Waals surface area contributed by atoms with Crippen LogP contribution in [0.5, 0.6) is 5.75 Å². The molecule has 6 nitrogen and oxygen atoms in total. The van der Waals surface area contributed by atoms with E-state index in [0.717, 1.165) is 0 Å². The Morgan fingerprint density at radius 3 is 2.14 bits per heavy atom. The van der Waals surface area contributed by atoms with Crippen molar-refractivity contribution in [3.8, 4) is 5.75 Å². The van der Waals surface area contributed by atoms with Gasteiger partial charge in [-0.25, -0.2) is 8.42 Å². The fraction of sp³-hybridized carbons (Fsp3) is 0.0500. The fourth-order valence-electron chi connectivity index (χ4n) is 2.41. The zero-order chi connectivity index (χ0) is 20.3. The summed E-state index contributed by atoms with van der Waals surface area (Å²) in [5.74, 6) is -0.342. The van der Waals surface area contributed by atoms with Crippen LogP contribution in [0.4, 0.5) is 11.4 Å². The van der Waals surface area contributed by atoms with E-state index in [9.17, 15) is 18.3 Å². The van der Waals surface area contributed by atoms with Gasteiger partial charge in [-0.3, -0.25) is 9.52 Å². The van der Waals surface area contributed by atoms with Gasteiger partial charge in [0.25, 0.3) is 15.9 Å². The highest BCUT2D eigenvalue weighted by molar-refractivity contribution is 7.92. The summed E-state index contributed by atoms with van der Waals surface area (Å²) in [6.07, 6.45) is 0. The number of benzene rings is 3. The highest BCUT2D eigenvalue weighted by Crippen LogP contribution is 2.22. The maximum Gasteiger partial charge on any atom is 0.261 e. The molecule has 0 radical (unpaired) electrons. The maximum atomic E-state index is 12.5. The zero-order valence-electron chi connectivity index (χ0n) is 14.8. The monoisotopic (exact) mass is 416 g/mol. The third-order valence-electron chi connectivity index (χ3n) is 3.99. The van der Waals surface area contributed by atoms with E-state index >= 15 is 0 Å². The first-order chi connectivity index (χ1) is 13.2. The molecule has 3 N–H and O–H groups in total. The highest BCUT2D eigenvalue weighted by Gasteiger charge is 2.15. The number of hydrogen-bond donors (Lipinski definition) is 3. The number of carbonyl (C=O) groups is 1. The van der Waals surface area contributed by atoms with Crippen molar-refractivity contribution in [1.29, 1.82) is 0 Å². The van der Waals surface area contributed by atoms with Gasteiger partial charge in [-0.1, -0.05) is 17.7 Å². The first-order valence-electron chi connectivity index (χ1n) is 8.24. The van der Waals surface area contributed by atoms with Gasteiger partial charge in [0.15, 0.2) is 0 Å². The molecular weight excluding hydrogens is 400 g/mol. The minimum Gasteiger partial charge on any atom is -0.508 e. The predicted octanol–water partition coefficient (Wildman–Crippen LogP) is 4.41. The molecule has 0 bridgehead atoms. The van der Waals surface area contributed by atoms with E-state index in [0.29, 0.717) is 22.0 Å². The van der Waals surface area contributed by atoms with Crippen molar-refractivity contribution in [2.24, 2.45) is 0 Å². The average molecular weight is 417 g/mol. The van der Waals surface area contributed by atoms with Crippen LogP contribution in [0.1, 0.15) is 15.9 Å². The lowest BCUT2D eigenvalue weighted by molar-refractivity contribution is 0.102. The number of amides is 1. The molecule has 0 aliphatic carbocycles. The number of aryl methyl sites for hydroxylation is 1. The number of aromatic hydroxyl groups is 1. The lowest BCUT2D eigenvalue weighted by Gasteiger charge is -2.10. The molecule has 0 aromatic heterocycles. The van der Waals surface area contributed by atoms with E-state index in [-0.39, 0.29) is 16.2 Å². The molecule has 3 rings (SSSR count). The number of phenols is 1. The van der Waals surface area contributed by atoms with Crippen molar-refractivity contribution in [3.05, 3.63) is 82.9 Å². The molecule has 3 aromatic rings. The van der Waals surface area contributed by atoms with Gasteiger partial charge < -0.3 is 10.4 Å². The Hall–Kier alpha value is -3.03. The molecule has 0 spiro atoms. The number of halogens is 1. The summed E-state index contributed by atoms with van der Waals surface area (Å²) in [5.41, 5.74) is 1.80. The Morgan fingerprint density at radius 1 is 0.929 bits per heavy atom. The van der Waals surface area contributed by atoms with Crippen LogP contribution in [0.3, 0.4) is 0 Å². The second-order valence-corrected chi connectivity index (χ2v) is 8.21. The van der Waals surface area contributed by atoms with Gasteiger partial charge in [-0.05, 0) is 67.1 Å². The number of sulfonamides is 1. The molecule has 0 saturated carbocycles. The third-order valence-corrected chi connectivity index (χ3v) is 5.64. The Bertz CT molecular complexity index is 1110.